The van der Waals surface area contributed by atoms with Gasteiger partial charge in [0, 0.05) is 0 Å². The maximum absolute atomic E-state index is 12.7. The molecule has 0 spiro atoms. The molecule has 0 aromatic heterocycles. The lowest BCUT2D eigenvalue weighted by Gasteiger charge is -2.22. The summed E-state index contributed by atoms with van der Waals surface area (Å²) in [4.78, 5) is 12.7. The van der Waals surface area contributed by atoms with E-state index in [1.165, 1.54) is 0 Å². The molecule has 8 heteroatoms. The summed E-state index contributed by atoms with van der Waals surface area (Å²) in [6, 6.07) is 14.9. The number of carbonyl (C=O) groups excluding carboxylic acids is 1. The van der Waals surface area contributed by atoms with Crippen LogP contribution in [0.3, 0.4) is 0 Å². The molecule has 176 valence electrons. The van der Waals surface area contributed by atoms with Crippen molar-refractivity contribution in [1.82, 2.24) is 0 Å². The maximum Gasteiger partial charge on any atom is 0.378 e. The van der Waals surface area contributed by atoms with Crippen molar-refractivity contribution in [3.8, 4) is 11.5 Å². The summed E-state index contributed by atoms with van der Waals surface area (Å²) in [5.74, 6) is 0.463. The lowest BCUT2D eigenvalue weighted by Crippen LogP contribution is -2.33. The number of methoxy groups -OCH3 is 2. The van der Waals surface area contributed by atoms with Gasteiger partial charge in [-0.05, 0) is 49.2 Å². The van der Waals surface area contributed by atoms with Gasteiger partial charge in [0.1, 0.15) is 30.8 Å². The van der Waals surface area contributed by atoms with Crippen LogP contribution in [0.25, 0.3) is 0 Å². The Bertz CT molecular complexity index is 994. The number of cyclic esters (lactones) is 1. The number of benzene rings is 2. The van der Waals surface area contributed by atoms with Gasteiger partial charge in [0.15, 0.2) is 17.7 Å². The molecule has 2 aromatic rings. The normalized spacial score (nSPS) is 21.6. The van der Waals surface area contributed by atoms with E-state index >= 15 is 0 Å². The van der Waals surface area contributed by atoms with E-state index in [9.17, 15) is 4.79 Å². The number of hydrogen-bond donors (Lipinski definition) is 0. The molecule has 0 N–H and O–H groups in total. The van der Waals surface area contributed by atoms with Gasteiger partial charge in [-0.25, -0.2) is 4.79 Å². The second-order valence-electron chi connectivity index (χ2n) is 8.16. The van der Waals surface area contributed by atoms with Crippen LogP contribution in [-0.2, 0) is 41.7 Å². The van der Waals surface area contributed by atoms with Crippen LogP contribution >= 0.6 is 0 Å². The average molecular weight is 456 g/mol. The summed E-state index contributed by atoms with van der Waals surface area (Å²) in [7, 11) is 3.22. The molecule has 4 rings (SSSR count). The molecule has 0 radical (unpaired) electrons. The molecular weight excluding hydrogens is 428 g/mol. The minimum absolute atomic E-state index is 0.0395. The monoisotopic (exact) mass is 456 g/mol. The standard InChI is InChI=1S/C25H28O8/c1-25(2)31-15-20(33-25)21-22(29-13-16-5-9-18(27-3)10-6-16)23(24(26)32-21)30-14-17-7-11-19(28-4)12-8-17/h5-12,20-21H,13-15H2,1-4H3/t20-,21+/m0/s1. The Hall–Kier alpha value is -3.23. The number of rotatable bonds is 9. The summed E-state index contributed by atoms with van der Waals surface area (Å²) < 4.78 is 39.5. The maximum atomic E-state index is 12.7. The Morgan fingerprint density at radius 2 is 1.42 bits per heavy atom. The molecule has 2 aromatic carbocycles. The van der Waals surface area contributed by atoms with E-state index in [0.29, 0.717) is 5.76 Å². The van der Waals surface area contributed by atoms with Crippen LogP contribution in [0.15, 0.2) is 60.0 Å². The highest BCUT2D eigenvalue weighted by molar-refractivity contribution is 5.89. The van der Waals surface area contributed by atoms with Crippen LogP contribution in [0.4, 0.5) is 0 Å². The molecule has 1 saturated heterocycles. The van der Waals surface area contributed by atoms with E-state index in [4.69, 9.17) is 33.2 Å². The van der Waals surface area contributed by atoms with Crippen LogP contribution in [0.2, 0.25) is 0 Å². The van der Waals surface area contributed by atoms with E-state index in [0.717, 1.165) is 22.6 Å². The molecule has 8 nitrogen and oxygen atoms in total. The van der Waals surface area contributed by atoms with E-state index < -0.39 is 24.0 Å². The molecule has 2 aliphatic heterocycles. The van der Waals surface area contributed by atoms with Gasteiger partial charge in [-0.2, -0.15) is 0 Å². The first-order valence-corrected chi connectivity index (χ1v) is 10.7. The summed E-state index contributed by atoms with van der Waals surface area (Å²) in [5.41, 5.74) is 1.77. The molecule has 2 heterocycles. The Morgan fingerprint density at radius 3 is 1.91 bits per heavy atom. The zero-order valence-electron chi connectivity index (χ0n) is 19.2. The van der Waals surface area contributed by atoms with Gasteiger partial charge in [0.05, 0.1) is 20.8 Å². The van der Waals surface area contributed by atoms with Crippen molar-refractivity contribution < 1.29 is 38.0 Å². The smallest absolute Gasteiger partial charge is 0.378 e. The summed E-state index contributed by atoms with van der Waals surface area (Å²) >= 11 is 0. The third-order valence-electron chi connectivity index (χ3n) is 5.37. The second kappa shape index (κ2) is 9.72. The summed E-state index contributed by atoms with van der Waals surface area (Å²) in [6.45, 7) is 4.29. The third-order valence-corrected chi connectivity index (χ3v) is 5.37. The van der Waals surface area contributed by atoms with Crippen molar-refractivity contribution in [2.24, 2.45) is 0 Å². The van der Waals surface area contributed by atoms with Gasteiger partial charge in [0.25, 0.3) is 0 Å². The third kappa shape index (κ3) is 5.40. The van der Waals surface area contributed by atoms with Gasteiger partial charge in [-0.1, -0.05) is 24.3 Å². The minimum Gasteiger partial charge on any atom is -0.497 e. The largest absolute Gasteiger partial charge is 0.497 e. The number of esters is 1. The Kier molecular flexibility index (Phi) is 6.76. The Labute approximate surface area is 192 Å². The summed E-state index contributed by atoms with van der Waals surface area (Å²) in [5, 5.41) is 0. The quantitative estimate of drug-likeness (QED) is 0.528. The van der Waals surface area contributed by atoms with Crippen molar-refractivity contribution in [3.05, 3.63) is 71.2 Å². The zero-order chi connectivity index (χ0) is 23.4. The van der Waals surface area contributed by atoms with Gasteiger partial charge < -0.3 is 33.2 Å². The topological polar surface area (TPSA) is 81.7 Å². The zero-order valence-corrected chi connectivity index (χ0v) is 19.2. The first-order valence-electron chi connectivity index (χ1n) is 10.7. The number of hydrogen-bond acceptors (Lipinski definition) is 8. The van der Waals surface area contributed by atoms with Crippen LogP contribution in [0.5, 0.6) is 11.5 Å². The fraction of sp³-hybridized carbons (Fsp3) is 0.400. The number of carbonyl (C=O) groups is 1. The molecule has 0 bridgehead atoms. The average Bonchev–Trinajstić information content (AvgIpc) is 3.35. The highest BCUT2D eigenvalue weighted by atomic mass is 16.8. The first kappa shape index (κ1) is 22.9. The molecule has 1 fully saturated rings. The SMILES string of the molecule is COc1ccc(COC2=C(OCc3ccc(OC)cc3)[C@@H]([C@@H]3COC(C)(C)O3)OC2=O)cc1. The van der Waals surface area contributed by atoms with Gasteiger partial charge in [-0.15, -0.1) is 0 Å². The molecule has 0 unspecified atom stereocenters. The van der Waals surface area contributed by atoms with E-state index in [2.05, 4.69) is 0 Å². The fourth-order valence-electron chi connectivity index (χ4n) is 3.60. The van der Waals surface area contributed by atoms with E-state index in [1.54, 1.807) is 14.2 Å². The lowest BCUT2D eigenvalue weighted by atomic mass is 10.1. The van der Waals surface area contributed by atoms with Crippen LogP contribution in [-0.4, -0.2) is 44.8 Å². The number of ether oxygens (including phenoxy) is 7. The van der Waals surface area contributed by atoms with E-state index in [1.807, 2.05) is 62.4 Å². The molecule has 0 amide bonds. The molecule has 0 saturated carbocycles. The fourth-order valence-corrected chi connectivity index (χ4v) is 3.60. The summed E-state index contributed by atoms with van der Waals surface area (Å²) in [6.07, 6.45) is -1.26. The second-order valence-corrected chi connectivity index (χ2v) is 8.16. The van der Waals surface area contributed by atoms with Crippen molar-refractivity contribution in [2.75, 3.05) is 20.8 Å². The van der Waals surface area contributed by atoms with Crippen LogP contribution < -0.4 is 9.47 Å². The highest BCUT2D eigenvalue weighted by Crippen LogP contribution is 2.35. The predicted octanol–water partition coefficient (Wildman–Crippen LogP) is 3.73. The highest BCUT2D eigenvalue weighted by Gasteiger charge is 2.48. The van der Waals surface area contributed by atoms with Crippen molar-refractivity contribution in [2.45, 2.75) is 45.1 Å². The molecular formula is C25H28O8. The Morgan fingerprint density at radius 1 is 0.879 bits per heavy atom. The minimum atomic E-state index is -0.773. The van der Waals surface area contributed by atoms with Crippen molar-refractivity contribution in [3.63, 3.8) is 0 Å². The van der Waals surface area contributed by atoms with E-state index in [-0.39, 0.29) is 25.6 Å². The van der Waals surface area contributed by atoms with Crippen LogP contribution in [0, 0.1) is 0 Å². The first-order chi connectivity index (χ1) is 15.9. The molecule has 33 heavy (non-hydrogen) atoms. The Balaban J connectivity index is 1.53. The predicted molar refractivity (Wildman–Crippen MR) is 117 cm³/mol. The molecule has 2 aliphatic rings. The van der Waals surface area contributed by atoms with Gasteiger partial charge in [0.2, 0.25) is 5.76 Å². The molecule has 2 atom stereocenters. The van der Waals surface area contributed by atoms with Gasteiger partial charge >= 0.3 is 5.97 Å². The molecule has 0 aliphatic carbocycles. The van der Waals surface area contributed by atoms with Gasteiger partial charge in [-0.3, -0.25) is 0 Å². The van der Waals surface area contributed by atoms with Crippen molar-refractivity contribution >= 4 is 5.97 Å². The van der Waals surface area contributed by atoms with Crippen molar-refractivity contribution in [1.29, 1.82) is 0 Å². The lowest BCUT2D eigenvalue weighted by molar-refractivity contribution is -0.164. The van der Waals surface area contributed by atoms with Crippen LogP contribution in [0.1, 0.15) is 25.0 Å².